The number of carbonyl (C=O) groups is 2. The van der Waals surface area contributed by atoms with Gasteiger partial charge in [-0.3, -0.25) is 19.7 Å². The van der Waals surface area contributed by atoms with E-state index in [0.717, 1.165) is 0 Å². The molecule has 0 aliphatic carbocycles. The van der Waals surface area contributed by atoms with Crippen molar-refractivity contribution in [1.29, 1.82) is 0 Å². The van der Waals surface area contributed by atoms with Gasteiger partial charge in [0, 0.05) is 18.2 Å². The molecule has 0 saturated carbocycles. The van der Waals surface area contributed by atoms with Crippen molar-refractivity contribution in [3.63, 3.8) is 0 Å². The number of benzene rings is 1. The van der Waals surface area contributed by atoms with E-state index in [4.69, 9.17) is 0 Å². The topological polar surface area (TPSA) is 101 Å². The molecule has 7 nitrogen and oxygen atoms in total. The van der Waals surface area contributed by atoms with Gasteiger partial charge < -0.3 is 10.6 Å². The molecular formula is C12H15N3O4. The SMILES string of the molecule is CCNC(=O)C(C)Nc1ccc(C=O)cc1[N+](=O)[O-]. The first-order valence-corrected chi connectivity index (χ1v) is 5.77. The molecule has 0 radical (unpaired) electrons. The maximum absolute atomic E-state index is 11.6. The van der Waals surface area contributed by atoms with Gasteiger partial charge in [-0.05, 0) is 26.0 Å². The highest BCUT2D eigenvalue weighted by Gasteiger charge is 2.19. The molecular weight excluding hydrogens is 250 g/mol. The van der Waals surface area contributed by atoms with Crippen molar-refractivity contribution in [1.82, 2.24) is 5.32 Å². The van der Waals surface area contributed by atoms with Crippen LogP contribution in [0.25, 0.3) is 0 Å². The Balaban J connectivity index is 2.97. The minimum absolute atomic E-state index is 0.203. The van der Waals surface area contributed by atoms with E-state index in [9.17, 15) is 19.7 Å². The van der Waals surface area contributed by atoms with Crippen LogP contribution >= 0.6 is 0 Å². The molecule has 1 aromatic rings. The normalized spacial score (nSPS) is 11.5. The Morgan fingerprint density at radius 1 is 1.53 bits per heavy atom. The Morgan fingerprint density at radius 2 is 2.21 bits per heavy atom. The van der Waals surface area contributed by atoms with Crippen LogP contribution in [0, 0.1) is 10.1 Å². The maximum atomic E-state index is 11.6. The standard InChI is InChI=1S/C12H15N3O4/c1-3-13-12(17)8(2)14-10-5-4-9(7-16)6-11(10)15(18)19/h4-8,14H,3H2,1-2H3,(H,13,17). The molecule has 102 valence electrons. The van der Waals surface area contributed by atoms with Gasteiger partial charge in [-0.2, -0.15) is 0 Å². The van der Waals surface area contributed by atoms with E-state index in [-0.39, 0.29) is 22.8 Å². The largest absolute Gasteiger partial charge is 0.368 e. The summed E-state index contributed by atoms with van der Waals surface area (Å²) in [6, 6.07) is 3.42. The van der Waals surface area contributed by atoms with Gasteiger partial charge in [0.15, 0.2) is 0 Å². The number of hydrogen-bond donors (Lipinski definition) is 2. The van der Waals surface area contributed by atoms with Crippen LogP contribution in [0.2, 0.25) is 0 Å². The molecule has 1 aromatic carbocycles. The van der Waals surface area contributed by atoms with E-state index in [1.54, 1.807) is 13.8 Å². The molecule has 1 atom stereocenters. The molecule has 0 aromatic heterocycles. The molecule has 2 N–H and O–H groups in total. The lowest BCUT2D eigenvalue weighted by Crippen LogP contribution is -2.37. The number of nitrogens with one attached hydrogen (secondary N) is 2. The first-order chi connectivity index (χ1) is 8.99. The number of nitro benzene ring substituents is 1. The predicted molar refractivity (Wildman–Crippen MR) is 70.3 cm³/mol. The van der Waals surface area contributed by atoms with E-state index in [1.165, 1.54) is 18.2 Å². The lowest BCUT2D eigenvalue weighted by Gasteiger charge is -2.14. The van der Waals surface area contributed by atoms with Crippen molar-refractivity contribution in [2.24, 2.45) is 0 Å². The fraction of sp³-hybridized carbons (Fsp3) is 0.333. The van der Waals surface area contributed by atoms with Crippen molar-refractivity contribution in [2.45, 2.75) is 19.9 Å². The first-order valence-electron chi connectivity index (χ1n) is 5.77. The molecule has 1 rings (SSSR count). The molecule has 1 unspecified atom stereocenters. The molecule has 0 aliphatic heterocycles. The zero-order valence-corrected chi connectivity index (χ0v) is 10.7. The van der Waals surface area contributed by atoms with Gasteiger partial charge in [0.1, 0.15) is 18.0 Å². The molecule has 0 bridgehead atoms. The van der Waals surface area contributed by atoms with Gasteiger partial charge in [-0.25, -0.2) is 0 Å². The molecule has 0 saturated heterocycles. The molecule has 0 spiro atoms. The van der Waals surface area contributed by atoms with E-state index in [0.29, 0.717) is 12.8 Å². The maximum Gasteiger partial charge on any atom is 0.293 e. The van der Waals surface area contributed by atoms with Crippen LogP contribution in [-0.4, -0.2) is 29.7 Å². The highest BCUT2D eigenvalue weighted by molar-refractivity contribution is 5.86. The fourth-order valence-corrected chi connectivity index (χ4v) is 1.52. The number of nitrogens with zero attached hydrogens (tertiary/aromatic N) is 1. The second-order valence-electron chi connectivity index (χ2n) is 3.91. The third-order valence-electron chi connectivity index (χ3n) is 2.47. The van der Waals surface area contributed by atoms with Crippen LogP contribution in [-0.2, 0) is 4.79 Å². The Labute approximate surface area is 110 Å². The summed E-state index contributed by atoms with van der Waals surface area (Å²) in [6.07, 6.45) is 0.532. The fourth-order valence-electron chi connectivity index (χ4n) is 1.52. The van der Waals surface area contributed by atoms with Gasteiger partial charge >= 0.3 is 0 Å². The van der Waals surface area contributed by atoms with Crippen molar-refractivity contribution < 1.29 is 14.5 Å². The number of carbonyl (C=O) groups excluding carboxylic acids is 2. The van der Waals surface area contributed by atoms with Crippen molar-refractivity contribution in [2.75, 3.05) is 11.9 Å². The van der Waals surface area contributed by atoms with Crippen LogP contribution in [0.1, 0.15) is 24.2 Å². The zero-order chi connectivity index (χ0) is 14.4. The van der Waals surface area contributed by atoms with E-state index in [1.807, 2.05) is 0 Å². The summed E-state index contributed by atoms with van der Waals surface area (Å²) in [4.78, 5) is 32.5. The molecule has 1 amide bonds. The lowest BCUT2D eigenvalue weighted by molar-refractivity contribution is -0.384. The Bertz CT molecular complexity index is 502. The zero-order valence-electron chi connectivity index (χ0n) is 10.7. The summed E-state index contributed by atoms with van der Waals surface area (Å²) in [5, 5.41) is 16.3. The third kappa shape index (κ3) is 3.77. The Hall–Kier alpha value is -2.44. The number of nitro groups is 1. The Kier molecular flexibility index (Phi) is 4.99. The summed E-state index contributed by atoms with van der Waals surface area (Å²) in [6.45, 7) is 3.87. The molecule has 7 heteroatoms. The van der Waals surface area contributed by atoms with Crippen LogP contribution in [0.3, 0.4) is 0 Å². The summed E-state index contributed by atoms with van der Waals surface area (Å²) in [5.41, 5.74) is 0.179. The monoisotopic (exact) mass is 265 g/mol. The second-order valence-corrected chi connectivity index (χ2v) is 3.91. The van der Waals surface area contributed by atoms with Crippen LogP contribution in [0.5, 0.6) is 0 Å². The average Bonchev–Trinajstić information content (AvgIpc) is 2.39. The van der Waals surface area contributed by atoms with Crippen LogP contribution < -0.4 is 10.6 Å². The molecule has 0 aliphatic rings. The number of rotatable bonds is 6. The van der Waals surface area contributed by atoms with Gasteiger partial charge in [-0.15, -0.1) is 0 Å². The van der Waals surface area contributed by atoms with Crippen LogP contribution in [0.4, 0.5) is 11.4 Å². The third-order valence-corrected chi connectivity index (χ3v) is 2.47. The van der Waals surface area contributed by atoms with Crippen LogP contribution in [0.15, 0.2) is 18.2 Å². The summed E-state index contributed by atoms with van der Waals surface area (Å²) in [7, 11) is 0. The second kappa shape index (κ2) is 6.48. The van der Waals surface area contributed by atoms with Gasteiger partial charge in [0.05, 0.1) is 4.92 Å². The molecule has 19 heavy (non-hydrogen) atoms. The number of likely N-dealkylation sites (N-methyl/N-ethyl adjacent to an activating group) is 1. The van der Waals surface area contributed by atoms with Crippen molar-refractivity contribution in [3.8, 4) is 0 Å². The number of aldehydes is 1. The molecule has 0 fully saturated rings. The smallest absolute Gasteiger partial charge is 0.293 e. The average molecular weight is 265 g/mol. The quantitative estimate of drug-likeness (QED) is 0.459. The number of hydrogen-bond acceptors (Lipinski definition) is 5. The number of anilines is 1. The minimum Gasteiger partial charge on any atom is -0.368 e. The predicted octanol–water partition coefficient (Wildman–Crippen LogP) is 1.34. The molecule has 0 heterocycles. The highest BCUT2D eigenvalue weighted by atomic mass is 16.6. The van der Waals surface area contributed by atoms with Gasteiger partial charge in [-0.1, -0.05) is 0 Å². The van der Waals surface area contributed by atoms with Crippen molar-refractivity contribution >= 4 is 23.6 Å². The summed E-state index contributed by atoms with van der Waals surface area (Å²) in [5.74, 6) is -0.253. The van der Waals surface area contributed by atoms with E-state index in [2.05, 4.69) is 10.6 Å². The minimum atomic E-state index is -0.610. The van der Waals surface area contributed by atoms with E-state index < -0.39 is 11.0 Å². The summed E-state index contributed by atoms with van der Waals surface area (Å²) < 4.78 is 0. The summed E-state index contributed by atoms with van der Waals surface area (Å²) >= 11 is 0. The van der Waals surface area contributed by atoms with Crippen molar-refractivity contribution in [3.05, 3.63) is 33.9 Å². The van der Waals surface area contributed by atoms with Gasteiger partial charge in [0.2, 0.25) is 5.91 Å². The Morgan fingerprint density at radius 3 is 2.74 bits per heavy atom. The highest BCUT2D eigenvalue weighted by Crippen LogP contribution is 2.25. The lowest BCUT2D eigenvalue weighted by atomic mass is 10.1. The van der Waals surface area contributed by atoms with E-state index >= 15 is 0 Å². The van der Waals surface area contributed by atoms with Gasteiger partial charge in [0.25, 0.3) is 5.69 Å². The number of amides is 1. The first kappa shape index (κ1) is 14.6.